The molecule has 0 aliphatic carbocycles. The maximum atomic E-state index is 13.6. The molecule has 3 aromatic carbocycles. The SMILES string of the molecule is CC(C)[C@@H](NC(=O)[C@@H](Cc1ccccc1)NC(=O)c1ccccc1)C(=O)N[C@@H](CCCN=C(N)N)C(=O)Nc1ccccc1. The molecule has 0 saturated carbocycles. The van der Waals surface area contributed by atoms with Gasteiger partial charge in [0.2, 0.25) is 17.7 Å². The number of nitrogens with zero attached hydrogens (tertiary/aromatic N) is 1. The number of benzene rings is 3. The first kappa shape index (κ1) is 33.3. The fraction of sp³-hybridized carbons (Fsp3) is 0.303. The third-order valence-corrected chi connectivity index (χ3v) is 6.81. The van der Waals surface area contributed by atoms with E-state index in [1.165, 1.54) is 0 Å². The van der Waals surface area contributed by atoms with Gasteiger partial charge in [0.05, 0.1) is 0 Å². The van der Waals surface area contributed by atoms with Gasteiger partial charge in [-0.3, -0.25) is 24.2 Å². The minimum absolute atomic E-state index is 0.0636. The number of aliphatic imine (C=N–C) groups is 1. The second-order valence-corrected chi connectivity index (χ2v) is 10.7. The van der Waals surface area contributed by atoms with Gasteiger partial charge in [0.25, 0.3) is 5.91 Å². The summed E-state index contributed by atoms with van der Waals surface area (Å²) in [5.74, 6) is -2.28. The quantitative estimate of drug-likeness (QED) is 0.0886. The molecule has 8 N–H and O–H groups in total. The Morgan fingerprint density at radius 2 is 1.30 bits per heavy atom. The molecule has 11 heteroatoms. The third-order valence-electron chi connectivity index (χ3n) is 6.81. The Hall–Kier alpha value is -5.19. The Labute approximate surface area is 257 Å². The van der Waals surface area contributed by atoms with E-state index in [1.807, 2.05) is 36.4 Å². The number of nitrogens with one attached hydrogen (secondary N) is 4. The topological polar surface area (TPSA) is 181 Å². The number of amides is 4. The second-order valence-electron chi connectivity index (χ2n) is 10.7. The van der Waals surface area contributed by atoms with Crippen LogP contribution < -0.4 is 32.7 Å². The van der Waals surface area contributed by atoms with E-state index in [0.29, 0.717) is 17.7 Å². The van der Waals surface area contributed by atoms with E-state index in [-0.39, 0.29) is 31.3 Å². The van der Waals surface area contributed by atoms with Crippen LogP contribution in [0.15, 0.2) is 96.0 Å². The zero-order valence-corrected chi connectivity index (χ0v) is 25.0. The van der Waals surface area contributed by atoms with Crippen LogP contribution in [0.25, 0.3) is 0 Å². The predicted octanol–water partition coefficient (Wildman–Crippen LogP) is 2.35. The van der Waals surface area contributed by atoms with Crippen molar-refractivity contribution in [2.45, 2.75) is 51.2 Å². The van der Waals surface area contributed by atoms with Crippen LogP contribution in [0.5, 0.6) is 0 Å². The fourth-order valence-electron chi connectivity index (χ4n) is 4.46. The molecule has 4 amide bonds. The minimum Gasteiger partial charge on any atom is -0.370 e. The fourth-order valence-corrected chi connectivity index (χ4v) is 4.46. The molecule has 0 saturated heterocycles. The first-order chi connectivity index (χ1) is 21.1. The molecule has 0 unspecified atom stereocenters. The number of carbonyl (C=O) groups excluding carboxylic acids is 4. The molecule has 0 aliphatic rings. The standard InChI is InChI=1S/C33H41N7O4/c1-22(2)28(32(44)38-26(19-12-20-36-33(34)35)30(42)37-25-17-10-5-11-18-25)40-31(43)27(21-23-13-6-3-7-14-23)39-29(41)24-15-8-4-9-16-24/h3-11,13-18,22,26-28H,12,19-21H2,1-2H3,(H,37,42)(H,38,44)(H,39,41)(H,40,43)(H4,34,35,36)/t26-,27+,28+/m0/s1. The lowest BCUT2D eigenvalue weighted by Gasteiger charge is -2.27. The number of hydrogen-bond acceptors (Lipinski definition) is 5. The molecular formula is C33H41N7O4. The summed E-state index contributed by atoms with van der Waals surface area (Å²) in [6.07, 6.45) is 0.892. The highest BCUT2D eigenvalue weighted by atomic mass is 16.2. The maximum Gasteiger partial charge on any atom is 0.251 e. The van der Waals surface area contributed by atoms with E-state index in [2.05, 4.69) is 26.3 Å². The number of rotatable bonds is 15. The van der Waals surface area contributed by atoms with Crippen LogP contribution in [-0.2, 0) is 20.8 Å². The highest BCUT2D eigenvalue weighted by Crippen LogP contribution is 2.11. The highest BCUT2D eigenvalue weighted by Gasteiger charge is 2.31. The molecule has 3 rings (SSSR count). The number of nitrogens with two attached hydrogens (primary N) is 2. The minimum atomic E-state index is -0.987. The zero-order valence-electron chi connectivity index (χ0n) is 25.0. The van der Waals surface area contributed by atoms with E-state index in [0.717, 1.165) is 5.56 Å². The number of guanidine groups is 1. The van der Waals surface area contributed by atoms with Crippen LogP contribution in [0.1, 0.15) is 42.6 Å². The number of carbonyl (C=O) groups is 4. The van der Waals surface area contributed by atoms with Crippen LogP contribution in [0.4, 0.5) is 5.69 Å². The number of para-hydroxylation sites is 1. The lowest BCUT2D eigenvalue weighted by Crippen LogP contribution is -2.58. The maximum absolute atomic E-state index is 13.6. The normalized spacial score (nSPS) is 12.7. The van der Waals surface area contributed by atoms with Crippen LogP contribution >= 0.6 is 0 Å². The molecule has 0 fully saturated rings. The summed E-state index contributed by atoms with van der Waals surface area (Å²) in [5.41, 5.74) is 12.7. The third kappa shape index (κ3) is 10.9. The van der Waals surface area contributed by atoms with E-state index in [1.54, 1.807) is 68.4 Å². The van der Waals surface area contributed by atoms with Crippen molar-refractivity contribution in [2.24, 2.45) is 22.4 Å². The second kappa shape index (κ2) is 17.1. The largest absolute Gasteiger partial charge is 0.370 e. The van der Waals surface area contributed by atoms with Gasteiger partial charge in [0, 0.05) is 24.2 Å². The van der Waals surface area contributed by atoms with Gasteiger partial charge in [0.1, 0.15) is 18.1 Å². The molecule has 44 heavy (non-hydrogen) atoms. The molecule has 3 aromatic rings. The van der Waals surface area contributed by atoms with Gasteiger partial charge in [-0.05, 0) is 48.6 Å². The van der Waals surface area contributed by atoms with Crippen LogP contribution in [-0.4, -0.2) is 54.3 Å². The summed E-state index contributed by atoms with van der Waals surface area (Å²) in [4.78, 5) is 57.4. The van der Waals surface area contributed by atoms with Crippen molar-refractivity contribution in [1.29, 1.82) is 0 Å². The van der Waals surface area contributed by atoms with Crippen molar-refractivity contribution in [3.63, 3.8) is 0 Å². The van der Waals surface area contributed by atoms with E-state index in [4.69, 9.17) is 11.5 Å². The smallest absolute Gasteiger partial charge is 0.251 e. The predicted molar refractivity (Wildman–Crippen MR) is 172 cm³/mol. The van der Waals surface area contributed by atoms with Gasteiger partial charge < -0.3 is 32.7 Å². The number of anilines is 1. The lowest BCUT2D eigenvalue weighted by atomic mass is 10.00. The Morgan fingerprint density at radius 3 is 1.89 bits per heavy atom. The van der Waals surface area contributed by atoms with Crippen molar-refractivity contribution < 1.29 is 19.2 Å². The molecule has 11 nitrogen and oxygen atoms in total. The van der Waals surface area contributed by atoms with Crippen LogP contribution in [0, 0.1) is 5.92 Å². The molecule has 232 valence electrons. The molecule has 3 atom stereocenters. The first-order valence-electron chi connectivity index (χ1n) is 14.6. The van der Waals surface area contributed by atoms with E-state index >= 15 is 0 Å². The Balaban J connectivity index is 1.77. The molecule has 0 radical (unpaired) electrons. The average Bonchev–Trinajstić information content (AvgIpc) is 3.01. The van der Waals surface area contributed by atoms with Gasteiger partial charge in [-0.1, -0.05) is 80.6 Å². The zero-order chi connectivity index (χ0) is 31.9. The van der Waals surface area contributed by atoms with Crippen molar-refractivity contribution >= 4 is 35.3 Å². The summed E-state index contributed by atoms with van der Waals surface area (Å²) in [7, 11) is 0. The summed E-state index contributed by atoms with van der Waals surface area (Å²) in [5, 5.41) is 11.3. The van der Waals surface area contributed by atoms with Crippen molar-refractivity contribution in [2.75, 3.05) is 11.9 Å². The van der Waals surface area contributed by atoms with Crippen molar-refractivity contribution in [3.05, 3.63) is 102 Å². The van der Waals surface area contributed by atoms with Crippen molar-refractivity contribution in [3.8, 4) is 0 Å². The summed E-state index contributed by atoms with van der Waals surface area (Å²) in [6.45, 7) is 3.86. The monoisotopic (exact) mass is 599 g/mol. The summed E-state index contributed by atoms with van der Waals surface area (Å²) in [6, 6.07) is 23.9. The molecule has 0 heterocycles. The van der Waals surface area contributed by atoms with Crippen molar-refractivity contribution in [1.82, 2.24) is 16.0 Å². The first-order valence-corrected chi connectivity index (χ1v) is 14.6. The molecule has 0 aliphatic heterocycles. The van der Waals surface area contributed by atoms with Gasteiger partial charge in [-0.15, -0.1) is 0 Å². The van der Waals surface area contributed by atoms with E-state index in [9.17, 15) is 19.2 Å². The average molecular weight is 600 g/mol. The van der Waals surface area contributed by atoms with E-state index < -0.39 is 41.8 Å². The number of hydrogen-bond donors (Lipinski definition) is 6. The van der Waals surface area contributed by atoms with Crippen LogP contribution in [0.3, 0.4) is 0 Å². The van der Waals surface area contributed by atoms with Gasteiger partial charge in [-0.25, -0.2) is 0 Å². The Morgan fingerprint density at radius 1 is 0.705 bits per heavy atom. The van der Waals surface area contributed by atoms with Gasteiger partial charge in [-0.2, -0.15) is 0 Å². The summed E-state index contributed by atoms with van der Waals surface area (Å²) >= 11 is 0. The summed E-state index contributed by atoms with van der Waals surface area (Å²) < 4.78 is 0. The van der Waals surface area contributed by atoms with Crippen LogP contribution in [0.2, 0.25) is 0 Å². The highest BCUT2D eigenvalue weighted by molar-refractivity contribution is 6.00. The Bertz CT molecular complexity index is 1400. The van der Waals surface area contributed by atoms with Gasteiger partial charge in [0.15, 0.2) is 5.96 Å². The Kier molecular flexibility index (Phi) is 12.9. The molecule has 0 bridgehead atoms. The molecular weight excluding hydrogens is 558 g/mol. The van der Waals surface area contributed by atoms with Gasteiger partial charge >= 0.3 is 0 Å². The molecule has 0 spiro atoms. The lowest BCUT2D eigenvalue weighted by molar-refractivity contribution is -0.132. The molecule has 0 aromatic heterocycles.